The molecule has 0 unspecified atom stereocenters. The molecule has 0 saturated heterocycles. The van der Waals surface area contributed by atoms with Gasteiger partial charge in [0.25, 0.3) is 0 Å². The van der Waals surface area contributed by atoms with Crippen LogP contribution in [-0.4, -0.2) is 27.6 Å². The fourth-order valence-corrected chi connectivity index (χ4v) is 0. The third-order valence-electron chi connectivity index (χ3n) is 0. The van der Waals surface area contributed by atoms with Crippen molar-refractivity contribution in [1.29, 1.82) is 0 Å². The van der Waals surface area contributed by atoms with Gasteiger partial charge in [0, 0.05) is 0 Å². The van der Waals surface area contributed by atoms with Gasteiger partial charge in [0.15, 0.2) is 7.05 Å². The fourth-order valence-electron chi connectivity index (χ4n) is 0. The van der Waals surface area contributed by atoms with Crippen molar-refractivity contribution in [3.8, 4) is 0 Å². The summed E-state index contributed by atoms with van der Waals surface area (Å²) in [6.07, 6.45) is 0. The van der Waals surface area contributed by atoms with Crippen molar-refractivity contribution >= 4 is 0 Å². The molecule has 0 bridgehead atoms. The Morgan fingerprint density at radius 1 is 1.17 bits per heavy atom. The molecule has 0 radical (unpaired) electrons. The van der Waals surface area contributed by atoms with Crippen molar-refractivity contribution in [1.82, 2.24) is 0 Å². The van der Waals surface area contributed by atoms with Crippen LogP contribution in [0.5, 0.6) is 0 Å². The molecule has 4 heteroatoms. The first-order chi connectivity index (χ1) is 2.00. The maximum absolute atomic E-state index is 7.57. The van der Waals surface area contributed by atoms with Crippen molar-refractivity contribution < 1.29 is 20.6 Å². The fraction of sp³-hybridized carbons (Fsp3) is 1.00. The van der Waals surface area contributed by atoms with E-state index in [9.17, 15) is 0 Å². The predicted octanol–water partition coefficient (Wildman–Crippen LogP) is 0.237. The van der Waals surface area contributed by atoms with Gasteiger partial charge in [-0.05, 0) is 0 Å². The minimum absolute atomic E-state index is 0. The molecule has 0 aromatic rings. The normalized spacial score (nSPS) is 10.0. The molecule has 0 aromatic carbocycles. The molecule has 0 saturated carbocycles. The SMILES string of the molecule is C.C[N+](O)(O)O. The van der Waals surface area contributed by atoms with E-state index in [1.54, 1.807) is 0 Å². The molecule has 3 N–H and O–H groups in total. The minimum atomic E-state index is -2.00. The van der Waals surface area contributed by atoms with Crippen LogP contribution in [0.3, 0.4) is 0 Å². The van der Waals surface area contributed by atoms with Crippen LogP contribution < -0.4 is 0 Å². The first-order valence-corrected chi connectivity index (χ1v) is 1.05. The average Bonchev–Trinajstić information content (AvgIpc) is 0.722. The number of hydrogen-bond donors (Lipinski definition) is 3. The summed E-state index contributed by atoms with van der Waals surface area (Å²) in [6, 6.07) is 0. The molecule has 0 aliphatic heterocycles. The predicted molar refractivity (Wildman–Crippen MR) is 18.3 cm³/mol. The van der Waals surface area contributed by atoms with Crippen LogP contribution in [0.4, 0.5) is 0 Å². The van der Waals surface area contributed by atoms with E-state index in [4.69, 9.17) is 15.6 Å². The van der Waals surface area contributed by atoms with Crippen LogP contribution in [-0.2, 0) is 0 Å². The van der Waals surface area contributed by atoms with Gasteiger partial charge in [-0.25, -0.2) is 0 Å². The first kappa shape index (κ1) is 9.28. The lowest BCUT2D eigenvalue weighted by Gasteiger charge is -2.00. The Morgan fingerprint density at radius 3 is 1.17 bits per heavy atom. The van der Waals surface area contributed by atoms with Crippen molar-refractivity contribution in [3.05, 3.63) is 0 Å². The summed E-state index contributed by atoms with van der Waals surface area (Å²) in [7, 11) is 0.792. The van der Waals surface area contributed by atoms with Crippen molar-refractivity contribution in [2.45, 2.75) is 7.43 Å². The summed E-state index contributed by atoms with van der Waals surface area (Å²) in [5.41, 5.74) is 0. The van der Waals surface area contributed by atoms with E-state index in [1.165, 1.54) is 0 Å². The van der Waals surface area contributed by atoms with Crippen LogP contribution in [0.2, 0.25) is 0 Å². The van der Waals surface area contributed by atoms with E-state index in [1.807, 2.05) is 0 Å². The van der Waals surface area contributed by atoms with Crippen molar-refractivity contribution in [2.24, 2.45) is 0 Å². The summed E-state index contributed by atoms with van der Waals surface area (Å²) >= 11 is 0. The molecule has 0 heterocycles. The van der Waals surface area contributed by atoms with Crippen LogP contribution >= 0.6 is 0 Å². The summed E-state index contributed by atoms with van der Waals surface area (Å²) in [5, 5.41) is 22.7. The molecule has 0 aliphatic carbocycles. The Balaban J connectivity index is 0. The topological polar surface area (TPSA) is 60.7 Å². The second kappa shape index (κ2) is 2.09. The highest BCUT2D eigenvalue weighted by Crippen LogP contribution is 1.70. The molecular formula is C2H10NO3+. The zero-order valence-corrected chi connectivity index (χ0v) is 2.79. The van der Waals surface area contributed by atoms with Gasteiger partial charge < -0.3 is 0 Å². The van der Waals surface area contributed by atoms with Gasteiger partial charge in [-0.15, -0.1) is 15.6 Å². The van der Waals surface area contributed by atoms with Crippen LogP contribution in [0.25, 0.3) is 0 Å². The molecule has 4 nitrogen and oxygen atoms in total. The first-order valence-electron chi connectivity index (χ1n) is 1.05. The Hall–Kier alpha value is -0.160. The Kier molecular flexibility index (Phi) is 3.24. The monoisotopic (exact) mass is 96.1 g/mol. The number of hydroxylamine groups is 3. The van der Waals surface area contributed by atoms with Crippen molar-refractivity contribution in [2.75, 3.05) is 7.05 Å². The molecular weight excluding hydrogens is 86.0 g/mol. The standard InChI is InChI=1S/CH6NO3.CH4/c1-2(3,4)5;/h3-5H,1H3;1H4/q+1;. The molecule has 6 heavy (non-hydrogen) atoms. The Bertz CT molecular complexity index is 24.3. The van der Waals surface area contributed by atoms with E-state index in [0.717, 1.165) is 7.05 Å². The third-order valence-corrected chi connectivity index (χ3v) is 0. The summed E-state index contributed by atoms with van der Waals surface area (Å²) in [4.78, 5) is -2.00. The molecule has 0 aromatic heterocycles. The van der Waals surface area contributed by atoms with E-state index in [2.05, 4.69) is 0 Å². The van der Waals surface area contributed by atoms with Gasteiger partial charge in [-0.2, -0.15) is 0 Å². The summed E-state index contributed by atoms with van der Waals surface area (Å²) in [6.45, 7) is 0. The van der Waals surface area contributed by atoms with Gasteiger partial charge in [-0.3, -0.25) is 0 Å². The summed E-state index contributed by atoms with van der Waals surface area (Å²) in [5.74, 6) is 0. The molecule has 0 atom stereocenters. The lowest BCUT2D eigenvalue weighted by atomic mass is 11.5. The van der Waals surface area contributed by atoms with Crippen LogP contribution in [0.15, 0.2) is 0 Å². The second-order valence-electron chi connectivity index (χ2n) is 0.868. The van der Waals surface area contributed by atoms with Gasteiger partial charge in [0.05, 0.1) is 4.97 Å². The molecule has 0 aliphatic rings. The molecule has 0 rings (SSSR count). The van der Waals surface area contributed by atoms with E-state index >= 15 is 0 Å². The number of quaternary nitrogens is 1. The molecule has 0 amide bonds. The van der Waals surface area contributed by atoms with Gasteiger partial charge in [-0.1, -0.05) is 7.43 Å². The highest BCUT2D eigenvalue weighted by atomic mass is 17.1. The lowest BCUT2D eigenvalue weighted by Crippen LogP contribution is -2.30. The van der Waals surface area contributed by atoms with Crippen molar-refractivity contribution in [3.63, 3.8) is 0 Å². The zero-order chi connectivity index (χ0) is 4.50. The summed E-state index contributed by atoms with van der Waals surface area (Å²) < 4.78 is 0. The average molecular weight is 96.1 g/mol. The maximum Gasteiger partial charge on any atom is 0.167 e. The number of rotatable bonds is 0. The number of nitrogens with zero attached hydrogens (tertiary/aromatic N) is 1. The molecule has 40 valence electrons. The second-order valence-corrected chi connectivity index (χ2v) is 0.868. The van der Waals surface area contributed by atoms with Gasteiger partial charge in [0.2, 0.25) is 0 Å². The number of hydrogen-bond acceptors (Lipinski definition) is 3. The molecule has 0 spiro atoms. The third kappa shape index (κ3) is 1210. The highest BCUT2D eigenvalue weighted by molar-refractivity contribution is 3.30. The highest BCUT2D eigenvalue weighted by Gasteiger charge is 2.02. The Labute approximate surface area is 36.3 Å². The quantitative estimate of drug-likeness (QED) is 0.299. The smallest absolute Gasteiger partial charge is 0.146 e. The largest absolute Gasteiger partial charge is 0.167 e. The lowest BCUT2D eigenvalue weighted by molar-refractivity contribution is -1.36. The van der Waals surface area contributed by atoms with E-state index in [-0.39, 0.29) is 7.43 Å². The van der Waals surface area contributed by atoms with E-state index in [0.29, 0.717) is 0 Å². The maximum atomic E-state index is 7.57. The van der Waals surface area contributed by atoms with Gasteiger partial charge in [0.1, 0.15) is 0 Å². The van der Waals surface area contributed by atoms with E-state index < -0.39 is 4.97 Å². The zero-order valence-electron chi connectivity index (χ0n) is 2.79. The van der Waals surface area contributed by atoms with Gasteiger partial charge >= 0.3 is 0 Å². The Morgan fingerprint density at radius 2 is 1.17 bits per heavy atom. The van der Waals surface area contributed by atoms with Crippen LogP contribution in [0.1, 0.15) is 7.43 Å². The molecule has 0 fully saturated rings. The van der Waals surface area contributed by atoms with Crippen LogP contribution in [0, 0.1) is 0 Å². The minimum Gasteiger partial charge on any atom is -0.146 e.